The highest BCUT2D eigenvalue weighted by Gasteiger charge is 2.18. The van der Waals surface area contributed by atoms with Gasteiger partial charge in [0.25, 0.3) is 11.5 Å². The topological polar surface area (TPSA) is 84.7 Å². The highest BCUT2D eigenvalue weighted by molar-refractivity contribution is 5.99. The maximum atomic E-state index is 12.6. The molecule has 0 aliphatic carbocycles. The molecule has 1 aromatic carbocycles. The molecule has 3 aromatic rings. The van der Waals surface area contributed by atoms with E-state index in [9.17, 15) is 9.59 Å². The zero-order chi connectivity index (χ0) is 20.2. The highest BCUT2D eigenvalue weighted by Crippen LogP contribution is 2.17. The summed E-state index contributed by atoms with van der Waals surface area (Å²) >= 11 is 0. The van der Waals surface area contributed by atoms with E-state index in [1.54, 1.807) is 12.3 Å². The van der Waals surface area contributed by atoms with Crippen molar-refractivity contribution in [1.29, 1.82) is 0 Å². The summed E-state index contributed by atoms with van der Waals surface area (Å²) in [6.45, 7) is 3.55. The summed E-state index contributed by atoms with van der Waals surface area (Å²) in [6.07, 6.45) is 3.88. The van der Waals surface area contributed by atoms with Crippen LogP contribution in [0.5, 0.6) is 0 Å². The average molecular weight is 392 g/mol. The zero-order valence-electron chi connectivity index (χ0n) is 16.4. The van der Waals surface area contributed by atoms with Crippen molar-refractivity contribution < 1.29 is 9.53 Å². The highest BCUT2D eigenvalue weighted by atomic mass is 16.5. The Morgan fingerprint density at radius 1 is 1.28 bits per heavy atom. The van der Waals surface area contributed by atoms with E-state index in [1.165, 1.54) is 10.5 Å². The molecule has 2 N–H and O–H groups in total. The number of para-hydroxylation sites is 1. The van der Waals surface area contributed by atoms with Crippen LogP contribution in [0.1, 0.15) is 34.5 Å². The summed E-state index contributed by atoms with van der Waals surface area (Å²) in [6, 6.07) is 12.6. The monoisotopic (exact) mass is 392 g/mol. The number of ether oxygens (including phenoxy) is 1. The minimum absolute atomic E-state index is 0.0949. The summed E-state index contributed by atoms with van der Waals surface area (Å²) in [4.78, 5) is 29.5. The first-order chi connectivity index (χ1) is 14.1. The van der Waals surface area contributed by atoms with E-state index in [1.807, 2.05) is 37.3 Å². The molecule has 0 saturated carbocycles. The third kappa shape index (κ3) is 4.46. The first-order valence-corrected chi connectivity index (χ1v) is 9.82. The van der Waals surface area contributed by atoms with Crippen LogP contribution < -0.4 is 16.2 Å². The van der Waals surface area contributed by atoms with Gasteiger partial charge in [-0.3, -0.25) is 14.0 Å². The van der Waals surface area contributed by atoms with Crippen LogP contribution in [0.25, 0.3) is 5.65 Å². The molecule has 150 valence electrons. The van der Waals surface area contributed by atoms with E-state index < -0.39 is 0 Å². The maximum absolute atomic E-state index is 12.6. The lowest BCUT2D eigenvalue weighted by Crippen LogP contribution is -2.32. The molecule has 1 saturated heterocycles. The van der Waals surface area contributed by atoms with Crippen LogP contribution in [-0.4, -0.2) is 34.5 Å². The first-order valence-electron chi connectivity index (χ1n) is 9.82. The fourth-order valence-electron chi connectivity index (χ4n) is 3.48. The summed E-state index contributed by atoms with van der Waals surface area (Å²) in [5.74, 6) is -0.148. The number of hydrogen-bond donors (Lipinski definition) is 2. The number of pyridine rings is 1. The number of rotatable bonds is 6. The van der Waals surface area contributed by atoms with Gasteiger partial charge in [-0.15, -0.1) is 0 Å². The van der Waals surface area contributed by atoms with Crippen LogP contribution in [0.15, 0.2) is 53.5 Å². The van der Waals surface area contributed by atoms with Crippen molar-refractivity contribution in [3.63, 3.8) is 0 Å². The van der Waals surface area contributed by atoms with Gasteiger partial charge in [0, 0.05) is 31.1 Å². The quantitative estimate of drug-likeness (QED) is 0.673. The van der Waals surface area contributed by atoms with Crippen LogP contribution >= 0.6 is 0 Å². The van der Waals surface area contributed by atoms with Crippen LogP contribution in [0.3, 0.4) is 0 Å². The Hall–Kier alpha value is -3.19. The molecule has 1 fully saturated rings. The van der Waals surface area contributed by atoms with Gasteiger partial charge in [0.05, 0.1) is 23.9 Å². The lowest BCUT2D eigenvalue weighted by Gasteiger charge is -2.14. The van der Waals surface area contributed by atoms with Crippen molar-refractivity contribution in [2.75, 3.05) is 18.5 Å². The van der Waals surface area contributed by atoms with Crippen molar-refractivity contribution in [3.8, 4) is 0 Å². The molecule has 1 aliphatic heterocycles. The van der Waals surface area contributed by atoms with E-state index in [2.05, 4.69) is 15.6 Å². The third-order valence-electron chi connectivity index (χ3n) is 5.01. The molecule has 7 heteroatoms. The van der Waals surface area contributed by atoms with Gasteiger partial charge in [0.15, 0.2) is 0 Å². The van der Waals surface area contributed by atoms with Gasteiger partial charge in [-0.25, -0.2) is 4.98 Å². The smallest absolute Gasteiger partial charge is 0.258 e. The molecule has 7 nitrogen and oxygen atoms in total. The molecule has 0 bridgehead atoms. The van der Waals surface area contributed by atoms with Crippen LogP contribution in [0.4, 0.5) is 5.69 Å². The van der Waals surface area contributed by atoms with E-state index >= 15 is 0 Å². The molecule has 0 radical (unpaired) electrons. The predicted octanol–water partition coefficient (Wildman–Crippen LogP) is 2.52. The van der Waals surface area contributed by atoms with E-state index in [4.69, 9.17) is 4.74 Å². The number of aromatic nitrogens is 2. The molecule has 4 rings (SSSR count). The molecule has 1 atom stereocenters. The van der Waals surface area contributed by atoms with Crippen molar-refractivity contribution in [2.24, 2.45) is 0 Å². The molecule has 0 unspecified atom stereocenters. The van der Waals surface area contributed by atoms with E-state index in [0.717, 1.165) is 25.0 Å². The number of hydrogen-bond acceptors (Lipinski definition) is 5. The van der Waals surface area contributed by atoms with Crippen LogP contribution in [-0.2, 0) is 11.3 Å². The minimum Gasteiger partial charge on any atom is -0.379 e. The Morgan fingerprint density at radius 2 is 2.14 bits per heavy atom. The number of aryl methyl sites for hydroxylation is 1. The van der Waals surface area contributed by atoms with Crippen molar-refractivity contribution in [2.45, 2.75) is 32.4 Å². The standard InChI is InChI=1S/C22H24N4O3/c1-15-8-9-20-25-16(11-21(27)26(20)14-15)12-23-19-7-3-2-6-18(19)22(28)24-13-17-5-4-10-29-17/h2-3,6-9,11,14,17,23H,4-5,10,12-13H2,1H3,(H,24,28)/t17-/m1/s1. The van der Waals surface area contributed by atoms with Gasteiger partial charge in [-0.2, -0.15) is 0 Å². The van der Waals surface area contributed by atoms with Gasteiger partial charge in [0.1, 0.15) is 5.65 Å². The fraction of sp³-hybridized carbons (Fsp3) is 0.318. The largest absolute Gasteiger partial charge is 0.379 e. The molecule has 3 heterocycles. The Bertz CT molecular complexity index is 1090. The maximum Gasteiger partial charge on any atom is 0.258 e. The summed E-state index contributed by atoms with van der Waals surface area (Å²) < 4.78 is 7.09. The van der Waals surface area contributed by atoms with Crippen LogP contribution in [0, 0.1) is 6.92 Å². The summed E-state index contributed by atoms with van der Waals surface area (Å²) in [7, 11) is 0. The van der Waals surface area contributed by atoms with E-state index in [-0.39, 0.29) is 17.6 Å². The zero-order valence-corrected chi connectivity index (χ0v) is 16.4. The van der Waals surface area contributed by atoms with Gasteiger partial charge >= 0.3 is 0 Å². The Balaban J connectivity index is 1.47. The molecule has 29 heavy (non-hydrogen) atoms. The van der Waals surface area contributed by atoms with Gasteiger partial charge < -0.3 is 15.4 Å². The summed E-state index contributed by atoms with van der Waals surface area (Å²) in [5, 5.41) is 6.18. The Labute approximate surface area is 168 Å². The molecule has 2 aromatic heterocycles. The number of nitrogens with zero attached hydrogens (tertiary/aromatic N) is 2. The molecule has 1 amide bonds. The molecule has 0 spiro atoms. The number of amides is 1. The third-order valence-corrected chi connectivity index (χ3v) is 5.01. The molecular formula is C22H24N4O3. The van der Waals surface area contributed by atoms with Crippen LogP contribution in [0.2, 0.25) is 0 Å². The van der Waals surface area contributed by atoms with Crippen molar-refractivity contribution in [3.05, 3.63) is 75.8 Å². The lowest BCUT2D eigenvalue weighted by atomic mass is 10.1. The van der Waals surface area contributed by atoms with Crippen molar-refractivity contribution >= 4 is 17.2 Å². The average Bonchev–Trinajstić information content (AvgIpc) is 3.25. The number of anilines is 1. The fourth-order valence-corrected chi connectivity index (χ4v) is 3.48. The normalized spacial score (nSPS) is 16.1. The first kappa shape index (κ1) is 19.1. The number of carbonyl (C=O) groups is 1. The number of fused-ring (bicyclic) bond motifs is 1. The number of benzene rings is 1. The predicted molar refractivity (Wildman–Crippen MR) is 111 cm³/mol. The molecular weight excluding hydrogens is 368 g/mol. The molecule has 1 aliphatic rings. The second-order valence-electron chi connectivity index (χ2n) is 7.26. The second kappa shape index (κ2) is 8.45. The van der Waals surface area contributed by atoms with Gasteiger partial charge in [-0.05, 0) is 43.5 Å². The Morgan fingerprint density at radius 3 is 2.97 bits per heavy atom. The number of carbonyl (C=O) groups excluding carboxylic acids is 1. The second-order valence-corrected chi connectivity index (χ2v) is 7.26. The van der Waals surface area contributed by atoms with Gasteiger partial charge in [0.2, 0.25) is 0 Å². The lowest BCUT2D eigenvalue weighted by molar-refractivity contribution is 0.0858. The summed E-state index contributed by atoms with van der Waals surface area (Å²) in [5.41, 5.74) is 3.34. The van der Waals surface area contributed by atoms with E-state index in [0.29, 0.717) is 35.7 Å². The Kier molecular flexibility index (Phi) is 5.57. The number of nitrogens with one attached hydrogen (secondary N) is 2. The van der Waals surface area contributed by atoms with Gasteiger partial charge in [-0.1, -0.05) is 18.2 Å². The van der Waals surface area contributed by atoms with Crippen molar-refractivity contribution in [1.82, 2.24) is 14.7 Å². The minimum atomic E-state index is -0.148. The SMILES string of the molecule is Cc1ccc2nc(CNc3ccccc3C(=O)NC[C@H]3CCCO3)cc(=O)n2c1.